The minimum atomic E-state index is -0.530. The van der Waals surface area contributed by atoms with Gasteiger partial charge in [0.1, 0.15) is 22.7 Å². The second-order valence-electron chi connectivity index (χ2n) is 7.71. The van der Waals surface area contributed by atoms with Crippen molar-refractivity contribution in [3.05, 3.63) is 64.6 Å². The van der Waals surface area contributed by atoms with Gasteiger partial charge in [0.15, 0.2) is 0 Å². The first kappa shape index (κ1) is 20.0. The second-order valence-corrected chi connectivity index (χ2v) is 7.71. The first-order valence-electron chi connectivity index (χ1n) is 9.32. The molecular formula is C23H30O3. The van der Waals surface area contributed by atoms with E-state index in [-0.39, 0.29) is 5.97 Å². The summed E-state index contributed by atoms with van der Waals surface area (Å²) in [5.74, 6) is 0.952. The van der Waals surface area contributed by atoms with E-state index in [4.69, 9.17) is 9.15 Å². The minimum absolute atomic E-state index is 0.346. The highest BCUT2D eigenvalue weighted by Gasteiger charge is 2.23. The molecule has 0 unspecified atom stereocenters. The number of benzene rings is 1. The minimum Gasteiger partial charge on any atom is -0.460 e. The summed E-state index contributed by atoms with van der Waals surface area (Å²) in [6, 6.07) is 10.2. The maximum Gasteiger partial charge on any atom is 0.342 e. The summed E-state index contributed by atoms with van der Waals surface area (Å²) in [5.41, 5.74) is 3.29. The summed E-state index contributed by atoms with van der Waals surface area (Å²) >= 11 is 0. The first-order chi connectivity index (χ1) is 12.2. The Bertz CT molecular complexity index is 771. The molecule has 2 aromatic rings. The monoisotopic (exact) mass is 354 g/mol. The van der Waals surface area contributed by atoms with Crippen molar-refractivity contribution in [1.29, 1.82) is 0 Å². The lowest BCUT2D eigenvalue weighted by Gasteiger charge is -2.18. The lowest BCUT2D eigenvalue weighted by Crippen LogP contribution is -2.23. The summed E-state index contributed by atoms with van der Waals surface area (Å²) in [7, 11) is 0. The van der Waals surface area contributed by atoms with Crippen molar-refractivity contribution in [2.24, 2.45) is 0 Å². The standard InChI is InChI=1S/C23H30O3/c1-7-8-9-10-19(18-13-11-16(2)12-14-18)21-15-20(17(3)25-21)22(24)26-23(4,5)6/h10-15H,7-9H2,1-6H3/b19-10-. The third-order valence-electron chi connectivity index (χ3n) is 4.07. The number of furan rings is 1. The maximum absolute atomic E-state index is 12.5. The van der Waals surface area contributed by atoms with Crippen LogP contribution in [0.2, 0.25) is 0 Å². The largest absolute Gasteiger partial charge is 0.460 e. The number of unbranched alkanes of at least 4 members (excludes halogenated alkanes) is 2. The fourth-order valence-electron chi connectivity index (χ4n) is 2.69. The molecule has 1 aromatic heterocycles. The number of aryl methyl sites for hydroxylation is 2. The van der Waals surface area contributed by atoms with Gasteiger partial charge in [-0.25, -0.2) is 4.79 Å². The highest BCUT2D eigenvalue weighted by Crippen LogP contribution is 2.29. The fourth-order valence-corrected chi connectivity index (χ4v) is 2.69. The molecule has 0 bridgehead atoms. The Morgan fingerprint density at radius 2 is 1.81 bits per heavy atom. The third kappa shape index (κ3) is 5.35. The van der Waals surface area contributed by atoms with E-state index in [1.807, 2.05) is 27.7 Å². The zero-order chi connectivity index (χ0) is 19.3. The number of carbonyl (C=O) groups is 1. The van der Waals surface area contributed by atoms with Gasteiger partial charge in [-0.1, -0.05) is 55.7 Å². The number of rotatable bonds is 6. The van der Waals surface area contributed by atoms with E-state index in [0.29, 0.717) is 17.1 Å². The van der Waals surface area contributed by atoms with Crippen molar-refractivity contribution in [2.75, 3.05) is 0 Å². The molecule has 0 spiro atoms. The van der Waals surface area contributed by atoms with E-state index in [9.17, 15) is 4.79 Å². The maximum atomic E-state index is 12.5. The van der Waals surface area contributed by atoms with E-state index in [0.717, 1.165) is 30.4 Å². The number of esters is 1. The van der Waals surface area contributed by atoms with Crippen LogP contribution in [-0.2, 0) is 4.74 Å². The number of ether oxygens (including phenoxy) is 1. The molecule has 0 aliphatic rings. The van der Waals surface area contributed by atoms with Crippen LogP contribution in [0, 0.1) is 13.8 Å². The zero-order valence-corrected chi connectivity index (χ0v) is 16.8. The summed E-state index contributed by atoms with van der Waals surface area (Å²) in [6.07, 6.45) is 5.43. The number of hydrogen-bond donors (Lipinski definition) is 0. The molecule has 0 atom stereocenters. The van der Waals surface area contributed by atoms with E-state index in [2.05, 4.69) is 44.2 Å². The van der Waals surface area contributed by atoms with Gasteiger partial charge in [0.2, 0.25) is 0 Å². The summed E-state index contributed by atoms with van der Waals surface area (Å²) in [4.78, 5) is 12.5. The smallest absolute Gasteiger partial charge is 0.342 e. The lowest BCUT2D eigenvalue weighted by molar-refractivity contribution is 0.00678. The third-order valence-corrected chi connectivity index (χ3v) is 4.07. The first-order valence-corrected chi connectivity index (χ1v) is 9.32. The molecule has 0 radical (unpaired) electrons. The second kappa shape index (κ2) is 8.39. The van der Waals surface area contributed by atoms with Gasteiger partial charge in [0.25, 0.3) is 0 Å². The highest BCUT2D eigenvalue weighted by atomic mass is 16.6. The van der Waals surface area contributed by atoms with Gasteiger partial charge < -0.3 is 9.15 Å². The van der Waals surface area contributed by atoms with Crippen molar-refractivity contribution < 1.29 is 13.9 Å². The van der Waals surface area contributed by atoms with Crippen LogP contribution in [0.3, 0.4) is 0 Å². The van der Waals surface area contributed by atoms with Gasteiger partial charge in [0, 0.05) is 5.57 Å². The quantitative estimate of drug-likeness (QED) is 0.440. The summed E-state index contributed by atoms with van der Waals surface area (Å²) in [6.45, 7) is 11.7. The van der Waals surface area contributed by atoms with Gasteiger partial charge in [0.05, 0.1) is 0 Å². The SMILES string of the molecule is CCCC/C=C(/c1ccc(C)cc1)c1cc(C(=O)OC(C)(C)C)c(C)o1. The Balaban J connectivity index is 2.39. The highest BCUT2D eigenvalue weighted by molar-refractivity contribution is 5.92. The van der Waals surface area contributed by atoms with E-state index >= 15 is 0 Å². The van der Waals surface area contributed by atoms with E-state index in [1.54, 1.807) is 6.07 Å². The van der Waals surface area contributed by atoms with Crippen LogP contribution in [0.4, 0.5) is 0 Å². The molecule has 26 heavy (non-hydrogen) atoms. The molecular weight excluding hydrogens is 324 g/mol. The Morgan fingerprint density at radius 1 is 1.15 bits per heavy atom. The van der Waals surface area contributed by atoms with Crippen molar-refractivity contribution in [1.82, 2.24) is 0 Å². The van der Waals surface area contributed by atoms with Gasteiger partial charge in [-0.05, 0) is 52.7 Å². The Kier molecular flexibility index (Phi) is 6.47. The number of carbonyl (C=O) groups excluding carboxylic acids is 1. The van der Waals surface area contributed by atoms with Crippen LogP contribution < -0.4 is 0 Å². The topological polar surface area (TPSA) is 39.4 Å². The Labute approximate surface area is 157 Å². The number of hydrogen-bond acceptors (Lipinski definition) is 3. The molecule has 0 saturated carbocycles. The Morgan fingerprint density at radius 3 is 2.38 bits per heavy atom. The summed E-state index contributed by atoms with van der Waals surface area (Å²) < 4.78 is 11.5. The average molecular weight is 354 g/mol. The zero-order valence-electron chi connectivity index (χ0n) is 16.8. The van der Waals surface area contributed by atoms with Crippen LogP contribution in [-0.4, -0.2) is 11.6 Å². The van der Waals surface area contributed by atoms with Crippen LogP contribution in [0.1, 0.15) is 80.0 Å². The van der Waals surface area contributed by atoms with Gasteiger partial charge in [-0.2, -0.15) is 0 Å². The van der Waals surface area contributed by atoms with Crippen molar-refractivity contribution >= 4 is 11.5 Å². The van der Waals surface area contributed by atoms with Gasteiger partial charge in [-0.3, -0.25) is 0 Å². The normalized spacial score (nSPS) is 12.3. The predicted molar refractivity (Wildman–Crippen MR) is 106 cm³/mol. The van der Waals surface area contributed by atoms with E-state index < -0.39 is 5.60 Å². The van der Waals surface area contributed by atoms with Crippen molar-refractivity contribution in [3.8, 4) is 0 Å². The van der Waals surface area contributed by atoms with Crippen molar-refractivity contribution in [2.45, 2.75) is 66.4 Å². The van der Waals surface area contributed by atoms with Crippen LogP contribution in [0.25, 0.3) is 5.57 Å². The van der Waals surface area contributed by atoms with Crippen molar-refractivity contribution in [3.63, 3.8) is 0 Å². The number of allylic oxidation sites excluding steroid dienone is 1. The molecule has 1 aromatic carbocycles. The van der Waals surface area contributed by atoms with Gasteiger partial charge >= 0.3 is 5.97 Å². The molecule has 3 heteroatoms. The predicted octanol–water partition coefficient (Wildman–Crippen LogP) is 6.47. The van der Waals surface area contributed by atoms with Gasteiger partial charge in [-0.15, -0.1) is 0 Å². The molecule has 1 heterocycles. The fraction of sp³-hybridized carbons (Fsp3) is 0.435. The van der Waals surface area contributed by atoms with E-state index in [1.165, 1.54) is 5.56 Å². The molecule has 0 fully saturated rings. The molecule has 3 nitrogen and oxygen atoms in total. The van der Waals surface area contributed by atoms with Crippen LogP contribution in [0.15, 0.2) is 40.8 Å². The Hall–Kier alpha value is -2.29. The molecule has 0 saturated heterocycles. The molecule has 140 valence electrons. The molecule has 0 aliphatic carbocycles. The van der Waals surface area contributed by atoms with Crippen LogP contribution in [0.5, 0.6) is 0 Å². The average Bonchev–Trinajstić information content (AvgIpc) is 2.93. The molecule has 0 amide bonds. The molecule has 0 N–H and O–H groups in total. The lowest BCUT2D eigenvalue weighted by atomic mass is 10.00. The molecule has 2 rings (SSSR count). The summed E-state index contributed by atoms with van der Waals surface area (Å²) in [5, 5.41) is 0. The molecule has 0 aliphatic heterocycles. The van der Waals surface area contributed by atoms with Crippen LogP contribution >= 0.6 is 0 Å².